The maximum Gasteiger partial charge on any atom is 0.325 e. The molecule has 3 aliphatic heterocycles. The van der Waals surface area contributed by atoms with E-state index in [9.17, 15) is 14.4 Å². The first-order valence-corrected chi connectivity index (χ1v) is 12.2. The zero-order valence-corrected chi connectivity index (χ0v) is 20.4. The number of hydrogen-bond donors (Lipinski definition) is 1. The number of fused-ring (bicyclic) bond motifs is 1. The van der Waals surface area contributed by atoms with Crippen LogP contribution in [-0.2, 0) is 15.1 Å². The fourth-order valence-electron chi connectivity index (χ4n) is 5.14. The van der Waals surface area contributed by atoms with Crippen molar-refractivity contribution in [2.24, 2.45) is 0 Å². The molecule has 0 bridgehead atoms. The first kappa shape index (κ1) is 23.2. The van der Waals surface area contributed by atoms with E-state index < -0.39 is 17.5 Å². The van der Waals surface area contributed by atoms with Crippen molar-refractivity contribution in [2.75, 3.05) is 26.3 Å². The minimum absolute atomic E-state index is 0.131. The van der Waals surface area contributed by atoms with Crippen molar-refractivity contribution >= 4 is 17.8 Å². The number of nitrogens with one attached hydrogen (secondary N) is 1. The van der Waals surface area contributed by atoms with Gasteiger partial charge in [-0.25, -0.2) is 4.79 Å². The lowest BCUT2D eigenvalue weighted by Crippen LogP contribution is -2.44. The zero-order chi connectivity index (χ0) is 24.7. The number of carbonyl (C=O) groups is 3. The molecule has 4 amide bonds. The van der Waals surface area contributed by atoms with E-state index in [0.717, 1.165) is 28.9 Å². The van der Waals surface area contributed by atoms with Crippen LogP contribution in [0.1, 0.15) is 62.3 Å². The lowest BCUT2D eigenvalue weighted by molar-refractivity contribution is -0.139. The fourth-order valence-corrected chi connectivity index (χ4v) is 5.14. The van der Waals surface area contributed by atoms with E-state index in [2.05, 4.69) is 19.2 Å². The summed E-state index contributed by atoms with van der Waals surface area (Å²) >= 11 is 0. The van der Waals surface area contributed by atoms with Gasteiger partial charge < -0.3 is 19.7 Å². The van der Waals surface area contributed by atoms with Crippen molar-refractivity contribution in [3.05, 3.63) is 59.2 Å². The third-order valence-electron chi connectivity index (χ3n) is 7.25. The largest absolute Gasteiger partial charge is 0.486 e. The molecule has 2 fully saturated rings. The number of urea groups is 1. The maximum atomic E-state index is 13.4. The zero-order valence-electron chi connectivity index (χ0n) is 20.4. The highest BCUT2D eigenvalue weighted by molar-refractivity contribution is 6.09. The van der Waals surface area contributed by atoms with Gasteiger partial charge in [0.1, 0.15) is 25.3 Å². The van der Waals surface area contributed by atoms with Gasteiger partial charge in [-0.3, -0.25) is 14.5 Å². The first-order chi connectivity index (χ1) is 16.8. The van der Waals surface area contributed by atoms with E-state index in [1.54, 1.807) is 11.8 Å². The van der Waals surface area contributed by atoms with Crippen molar-refractivity contribution in [3.63, 3.8) is 0 Å². The van der Waals surface area contributed by atoms with Crippen LogP contribution >= 0.6 is 0 Å². The lowest BCUT2D eigenvalue weighted by Gasteiger charge is -2.28. The van der Waals surface area contributed by atoms with Gasteiger partial charge in [-0.15, -0.1) is 0 Å². The van der Waals surface area contributed by atoms with Gasteiger partial charge in [0.2, 0.25) is 5.91 Å². The predicted molar refractivity (Wildman–Crippen MR) is 129 cm³/mol. The van der Waals surface area contributed by atoms with Crippen LogP contribution in [0.4, 0.5) is 4.79 Å². The number of rotatable bonds is 5. The summed E-state index contributed by atoms with van der Waals surface area (Å²) in [6.45, 7) is 7.20. The molecule has 2 atom stereocenters. The average Bonchev–Trinajstić information content (AvgIpc) is 3.43. The molecule has 2 aromatic carbocycles. The Balaban J connectivity index is 1.32. The third kappa shape index (κ3) is 4.11. The predicted octanol–water partition coefficient (Wildman–Crippen LogP) is 3.71. The van der Waals surface area contributed by atoms with Crippen molar-refractivity contribution in [3.8, 4) is 11.5 Å². The summed E-state index contributed by atoms with van der Waals surface area (Å²) in [5, 5.41) is 2.80. The Hall–Kier alpha value is -3.55. The molecular weight excluding hydrogens is 446 g/mol. The molecule has 0 radical (unpaired) electrons. The van der Waals surface area contributed by atoms with Crippen LogP contribution in [0.15, 0.2) is 42.5 Å². The Morgan fingerprint density at radius 1 is 1.09 bits per heavy atom. The normalized spacial score (nSPS) is 23.7. The van der Waals surface area contributed by atoms with E-state index in [1.807, 2.05) is 42.5 Å². The van der Waals surface area contributed by atoms with Crippen LogP contribution in [0.5, 0.6) is 11.5 Å². The Kier molecular flexibility index (Phi) is 5.91. The summed E-state index contributed by atoms with van der Waals surface area (Å²) in [7, 11) is 0. The number of carbonyl (C=O) groups excluding carboxylic acids is 3. The summed E-state index contributed by atoms with van der Waals surface area (Å²) in [5.74, 6) is 1.09. The Labute approximate surface area is 205 Å². The minimum Gasteiger partial charge on any atom is -0.486 e. The second-order valence-corrected chi connectivity index (χ2v) is 9.87. The molecule has 3 heterocycles. The van der Waals surface area contributed by atoms with Gasteiger partial charge in [-0.05, 0) is 54.5 Å². The summed E-state index contributed by atoms with van der Waals surface area (Å²) in [6, 6.07) is 12.8. The molecule has 2 aromatic rings. The molecule has 5 rings (SSSR count). The second kappa shape index (κ2) is 8.91. The average molecular weight is 478 g/mol. The van der Waals surface area contributed by atoms with Gasteiger partial charge >= 0.3 is 6.03 Å². The highest BCUT2D eigenvalue weighted by Gasteiger charge is 2.50. The number of nitrogens with zero attached hydrogens (tertiary/aromatic N) is 2. The molecule has 2 saturated heterocycles. The molecule has 1 N–H and O–H groups in total. The molecule has 0 saturated carbocycles. The third-order valence-corrected chi connectivity index (χ3v) is 7.25. The number of hydrogen-bond acceptors (Lipinski definition) is 5. The SMILES string of the molecule is CC(C)c1ccc([C@]2(C)NC(=O)N(CC(=O)N3CCC[C@@H]3c3ccc4c(c3)OCCO4)C2=O)cc1. The van der Waals surface area contributed by atoms with Gasteiger partial charge in [0.25, 0.3) is 5.91 Å². The van der Waals surface area contributed by atoms with Crippen LogP contribution < -0.4 is 14.8 Å². The maximum absolute atomic E-state index is 13.4. The van der Waals surface area contributed by atoms with E-state index >= 15 is 0 Å². The fraction of sp³-hybridized carbons (Fsp3) is 0.444. The Bertz CT molecular complexity index is 1160. The number of ether oxygens (including phenoxy) is 2. The first-order valence-electron chi connectivity index (χ1n) is 12.2. The van der Waals surface area contributed by atoms with Crippen LogP contribution in [0, 0.1) is 0 Å². The molecule has 184 valence electrons. The van der Waals surface area contributed by atoms with E-state index in [0.29, 0.717) is 42.7 Å². The molecule has 0 aliphatic carbocycles. The topological polar surface area (TPSA) is 88.2 Å². The van der Waals surface area contributed by atoms with E-state index in [1.165, 1.54) is 0 Å². The standard InChI is InChI=1S/C27H31N3O5/c1-17(2)18-6-9-20(10-7-18)27(3)25(32)30(26(33)28-27)16-24(31)29-12-4-5-21(29)19-8-11-22-23(15-19)35-14-13-34-22/h6-11,15,17,21H,4-5,12-14,16H2,1-3H3,(H,28,33)/t21-,27+/m1/s1. The Morgan fingerprint density at radius 3 is 2.51 bits per heavy atom. The Morgan fingerprint density at radius 2 is 1.80 bits per heavy atom. The summed E-state index contributed by atoms with van der Waals surface area (Å²) < 4.78 is 11.3. The summed E-state index contributed by atoms with van der Waals surface area (Å²) in [4.78, 5) is 42.3. The van der Waals surface area contributed by atoms with Gasteiger partial charge in [0.05, 0.1) is 6.04 Å². The van der Waals surface area contributed by atoms with Crippen LogP contribution in [-0.4, -0.2) is 53.9 Å². The monoisotopic (exact) mass is 477 g/mol. The molecule has 0 unspecified atom stereocenters. The van der Waals surface area contributed by atoms with Gasteiger partial charge in [-0.2, -0.15) is 0 Å². The van der Waals surface area contributed by atoms with Crippen molar-refractivity contribution in [1.29, 1.82) is 0 Å². The second-order valence-electron chi connectivity index (χ2n) is 9.87. The highest BCUT2D eigenvalue weighted by atomic mass is 16.6. The van der Waals surface area contributed by atoms with E-state index in [-0.39, 0.29) is 18.5 Å². The minimum atomic E-state index is -1.20. The van der Waals surface area contributed by atoms with Gasteiger partial charge in [0, 0.05) is 6.54 Å². The smallest absolute Gasteiger partial charge is 0.325 e. The summed E-state index contributed by atoms with van der Waals surface area (Å²) in [5.41, 5.74) is 1.62. The lowest BCUT2D eigenvalue weighted by atomic mass is 9.90. The van der Waals surface area contributed by atoms with Crippen LogP contribution in [0.3, 0.4) is 0 Å². The van der Waals surface area contributed by atoms with Crippen molar-refractivity contribution in [1.82, 2.24) is 15.1 Å². The number of amides is 4. The summed E-state index contributed by atoms with van der Waals surface area (Å²) in [6.07, 6.45) is 1.66. The molecule has 35 heavy (non-hydrogen) atoms. The molecular formula is C27H31N3O5. The van der Waals surface area contributed by atoms with E-state index in [4.69, 9.17) is 9.47 Å². The van der Waals surface area contributed by atoms with Crippen LogP contribution in [0.25, 0.3) is 0 Å². The molecule has 0 aromatic heterocycles. The number of imide groups is 1. The molecule has 8 heteroatoms. The highest BCUT2D eigenvalue weighted by Crippen LogP contribution is 2.38. The molecule has 0 spiro atoms. The number of benzene rings is 2. The quantitative estimate of drug-likeness (QED) is 0.664. The van der Waals surface area contributed by atoms with Crippen molar-refractivity contribution in [2.45, 2.75) is 51.1 Å². The van der Waals surface area contributed by atoms with Gasteiger partial charge in [0.15, 0.2) is 11.5 Å². The molecule has 3 aliphatic rings. The van der Waals surface area contributed by atoms with Crippen LogP contribution in [0.2, 0.25) is 0 Å². The number of likely N-dealkylation sites (tertiary alicyclic amines) is 1. The van der Waals surface area contributed by atoms with Crippen molar-refractivity contribution < 1.29 is 23.9 Å². The van der Waals surface area contributed by atoms with Gasteiger partial charge in [-0.1, -0.05) is 44.2 Å². The molecule has 8 nitrogen and oxygen atoms in total.